The maximum absolute atomic E-state index is 12.5. The van der Waals surface area contributed by atoms with E-state index in [0.29, 0.717) is 25.4 Å². The lowest BCUT2D eigenvalue weighted by Crippen LogP contribution is -2.43. The van der Waals surface area contributed by atoms with Crippen LogP contribution in [0.1, 0.15) is 19.8 Å². The Labute approximate surface area is 148 Å². The van der Waals surface area contributed by atoms with Crippen LogP contribution in [0, 0.1) is 5.92 Å². The van der Waals surface area contributed by atoms with Crippen LogP contribution in [-0.2, 0) is 14.3 Å². The van der Waals surface area contributed by atoms with Crippen LogP contribution >= 0.6 is 23.1 Å². The molecule has 1 saturated heterocycles. The number of hydrogen-bond acceptors (Lipinski definition) is 7. The van der Waals surface area contributed by atoms with E-state index in [2.05, 4.69) is 9.97 Å². The average molecular weight is 365 g/mol. The number of nitrogens with zero attached hydrogens (tertiary/aromatic N) is 3. The van der Waals surface area contributed by atoms with E-state index in [4.69, 9.17) is 4.74 Å². The van der Waals surface area contributed by atoms with E-state index in [0.717, 1.165) is 28.1 Å². The number of esters is 1. The molecule has 1 atom stereocenters. The van der Waals surface area contributed by atoms with Gasteiger partial charge in [0.05, 0.1) is 18.3 Å². The van der Waals surface area contributed by atoms with Crippen molar-refractivity contribution in [3.05, 3.63) is 17.8 Å². The summed E-state index contributed by atoms with van der Waals surface area (Å²) >= 11 is 2.99. The molecule has 6 nitrogen and oxygen atoms in total. The molecule has 0 saturated carbocycles. The summed E-state index contributed by atoms with van der Waals surface area (Å²) < 4.78 is 5.08. The van der Waals surface area contributed by atoms with Crippen molar-refractivity contribution in [3.8, 4) is 0 Å². The first kappa shape index (κ1) is 17.2. The van der Waals surface area contributed by atoms with Gasteiger partial charge in [0.25, 0.3) is 0 Å². The third-order valence-corrected chi connectivity index (χ3v) is 5.76. The molecule has 0 bridgehead atoms. The maximum Gasteiger partial charge on any atom is 0.310 e. The summed E-state index contributed by atoms with van der Waals surface area (Å²) in [4.78, 5) is 35.6. The second-order valence-electron chi connectivity index (χ2n) is 5.54. The number of rotatable bonds is 5. The fourth-order valence-electron chi connectivity index (χ4n) is 2.76. The van der Waals surface area contributed by atoms with Gasteiger partial charge in [-0.2, -0.15) is 0 Å². The largest absolute Gasteiger partial charge is 0.466 e. The van der Waals surface area contributed by atoms with Crippen molar-refractivity contribution in [2.24, 2.45) is 5.92 Å². The first-order valence-electron chi connectivity index (χ1n) is 7.94. The van der Waals surface area contributed by atoms with Crippen molar-refractivity contribution in [1.82, 2.24) is 14.9 Å². The smallest absolute Gasteiger partial charge is 0.310 e. The second kappa shape index (κ2) is 7.94. The fraction of sp³-hybridized carbons (Fsp3) is 0.500. The highest BCUT2D eigenvalue weighted by atomic mass is 32.2. The standard InChI is InChI=1S/C16H19N3O3S2/c1-2-22-16(21)11-4-3-6-19(8-11)13(20)9-24-15-12-5-7-23-14(12)17-10-18-15/h5,7,10-11H,2-4,6,8-9H2,1H3/t11-/m0/s1. The SMILES string of the molecule is CCOC(=O)[C@H]1CCCN(C(=O)CSc2ncnc3sccc23)C1. The number of amides is 1. The number of aromatic nitrogens is 2. The van der Waals surface area contributed by atoms with Gasteiger partial charge in [-0.05, 0) is 31.2 Å². The summed E-state index contributed by atoms with van der Waals surface area (Å²) in [6, 6.07) is 1.98. The molecule has 1 aliphatic rings. The average Bonchev–Trinajstić information content (AvgIpc) is 3.09. The number of fused-ring (bicyclic) bond motifs is 1. The molecule has 0 radical (unpaired) electrons. The zero-order valence-electron chi connectivity index (χ0n) is 13.4. The lowest BCUT2D eigenvalue weighted by atomic mass is 9.98. The van der Waals surface area contributed by atoms with Gasteiger partial charge in [0.2, 0.25) is 5.91 Å². The predicted molar refractivity (Wildman–Crippen MR) is 94.1 cm³/mol. The molecule has 0 aliphatic carbocycles. The highest BCUT2D eigenvalue weighted by Crippen LogP contribution is 2.28. The molecule has 2 aromatic rings. The molecule has 0 aromatic carbocycles. The lowest BCUT2D eigenvalue weighted by Gasteiger charge is -2.31. The summed E-state index contributed by atoms with van der Waals surface area (Å²) in [7, 11) is 0. The molecule has 1 fully saturated rings. The number of ether oxygens (including phenoxy) is 1. The number of piperidine rings is 1. The lowest BCUT2D eigenvalue weighted by molar-refractivity contribution is -0.151. The first-order valence-corrected chi connectivity index (χ1v) is 9.81. The Morgan fingerprint density at radius 3 is 3.17 bits per heavy atom. The second-order valence-corrected chi connectivity index (χ2v) is 7.40. The van der Waals surface area contributed by atoms with Gasteiger partial charge < -0.3 is 9.64 Å². The van der Waals surface area contributed by atoms with Gasteiger partial charge in [0.1, 0.15) is 16.2 Å². The van der Waals surface area contributed by atoms with Gasteiger partial charge in [-0.3, -0.25) is 9.59 Å². The Bertz CT molecular complexity index is 734. The van der Waals surface area contributed by atoms with Gasteiger partial charge in [0, 0.05) is 18.5 Å². The van der Waals surface area contributed by atoms with E-state index >= 15 is 0 Å². The van der Waals surface area contributed by atoms with E-state index in [1.807, 2.05) is 11.4 Å². The normalized spacial score (nSPS) is 17.9. The number of hydrogen-bond donors (Lipinski definition) is 0. The summed E-state index contributed by atoms with van der Waals surface area (Å²) in [6.07, 6.45) is 3.16. The molecular formula is C16H19N3O3S2. The van der Waals surface area contributed by atoms with Crippen molar-refractivity contribution >= 4 is 45.2 Å². The highest BCUT2D eigenvalue weighted by molar-refractivity contribution is 8.00. The third-order valence-electron chi connectivity index (χ3n) is 3.95. The molecule has 24 heavy (non-hydrogen) atoms. The topological polar surface area (TPSA) is 72.4 Å². The fourth-order valence-corrected chi connectivity index (χ4v) is 4.44. The number of thioether (sulfide) groups is 1. The van der Waals surface area contributed by atoms with Crippen LogP contribution in [0.4, 0.5) is 0 Å². The Balaban J connectivity index is 1.58. The molecule has 2 aromatic heterocycles. The molecule has 3 rings (SSSR count). The van der Waals surface area contributed by atoms with Crippen LogP contribution in [0.5, 0.6) is 0 Å². The Kier molecular flexibility index (Phi) is 5.68. The number of carbonyl (C=O) groups excluding carboxylic acids is 2. The van der Waals surface area contributed by atoms with E-state index in [1.54, 1.807) is 23.2 Å². The summed E-state index contributed by atoms with van der Waals surface area (Å²) in [6.45, 7) is 3.33. The quantitative estimate of drug-likeness (QED) is 0.461. The first-order chi connectivity index (χ1) is 11.7. The molecule has 128 valence electrons. The van der Waals surface area contributed by atoms with Crippen LogP contribution in [0.25, 0.3) is 10.2 Å². The van der Waals surface area contributed by atoms with E-state index < -0.39 is 0 Å². The van der Waals surface area contributed by atoms with Crippen molar-refractivity contribution in [3.63, 3.8) is 0 Å². The van der Waals surface area contributed by atoms with E-state index in [-0.39, 0.29) is 17.8 Å². The van der Waals surface area contributed by atoms with Gasteiger partial charge in [-0.1, -0.05) is 11.8 Å². The molecule has 3 heterocycles. The molecule has 1 amide bonds. The minimum Gasteiger partial charge on any atom is -0.466 e. The van der Waals surface area contributed by atoms with Crippen LogP contribution in [0.15, 0.2) is 22.8 Å². The van der Waals surface area contributed by atoms with E-state index in [1.165, 1.54) is 18.1 Å². The van der Waals surface area contributed by atoms with Crippen molar-refractivity contribution in [2.75, 3.05) is 25.4 Å². The predicted octanol–water partition coefficient (Wildman–Crippen LogP) is 2.59. The summed E-state index contributed by atoms with van der Waals surface area (Å²) in [5, 5.41) is 3.79. The molecule has 0 unspecified atom stereocenters. The molecule has 0 N–H and O–H groups in total. The van der Waals surface area contributed by atoms with Gasteiger partial charge >= 0.3 is 5.97 Å². The van der Waals surface area contributed by atoms with Crippen LogP contribution in [0.2, 0.25) is 0 Å². The van der Waals surface area contributed by atoms with Crippen molar-refractivity contribution < 1.29 is 14.3 Å². The van der Waals surface area contributed by atoms with Crippen LogP contribution < -0.4 is 0 Å². The summed E-state index contributed by atoms with van der Waals surface area (Å²) in [5.74, 6) is -0.0398. The van der Waals surface area contributed by atoms with Gasteiger partial charge in [-0.25, -0.2) is 9.97 Å². The minimum atomic E-state index is -0.199. The Morgan fingerprint density at radius 1 is 1.46 bits per heavy atom. The molecular weight excluding hydrogens is 346 g/mol. The van der Waals surface area contributed by atoms with Crippen LogP contribution in [0.3, 0.4) is 0 Å². The third kappa shape index (κ3) is 3.87. The molecule has 1 aliphatic heterocycles. The number of likely N-dealkylation sites (tertiary alicyclic amines) is 1. The van der Waals surface area contributed by atoms with Crippen molar-refractivity contribution in [1.29, 1.82) is 0 Å². The minimum absolute atomic E-state index is 0.0380. The highest BCUT2D eigenvalue weighted by Gasteiger charge is 2.29. The number of thiophene rings is 1. The van der Waals surface area contributed by atoms with Gasteiger partial charge in [-0.15, -0.1) is 11.3 Å². The molecule has 8 heteroatoms. The Morgan fingerprint density at radius 2 is 2.33 bits per heavy atom. The maximum atomic E-state index is 12.5. The zero-order valence-corrected chi connectivity index (χ0v) is 15.1. The van der Waals surface area contributed by atoms with Gasteiger partial charge in [0.15, 0.2) is 0 Å². The van der Waals surface area contributed by atoms with E-state index in [9.17, 15) is 9.59 Å². The molecule has 0 spiro atoms. The Hall–Kier alpha value is -1.67. The monoisotopic (exact) mass is 365 g/mol. The van der Waals surface area contributed by atoms with Crippen LogP contribution in [-0.4, -0.2) is 52.2 Å². The number of carbonyl (C=O) groups is 2. The van der Waals surface area contributed by atoms with Crippen molar-refractivity contribution in [2.45, 2.75) is 24.8 Å². The summed E-state index contributed by atoms with van der Waals surface area (Å²) in [5.41, 5.74) is 0. The zero-order chi connectivity index (χ0) is 16.9.